The molecular formula is C24H10Br2N2O11. The van der Waals surface area contributed by atoms with E-state index in [-0.39, 0.29) is 30.5 Å². The highest BCUT2D eigenvalue weighted by Gasteiger charge is 2.31. The number of nitro benzene ring substituents is 2. The molecule has 15 heteroatoms. The lowest BCUT2D eigenvalue weighted by atomic mass is 9.97. The number of nitro groups is 2. The van der Waals surface area contributed by atoms with E-state index in [0.717, 1.165) is 24.3 Å². The number of carbonyl (C=O) groups is 4. The highest BCUT2D eigenvalue weighted by atomic mass is 79.9. The molecule has 0 saturated heterocycles. The molecule has 196 valence electrons. The highest BCUT2D eigenvalue weighted by molar-refractivity contribution is 9.11. The van der Waals surface area contributed by atoms with E-state index in [1.165, 1.54) is 24.3 Å². The van der Waals surface area contributed by atoms with Crippen LogP contribution in [-0.4, -0.2) is 43.9 Å². The van der Waals surface area contributed by atoms with E-state index in [2.05, 4.69) is 31.9 Å². The van der Waals surface area contributed by atoms with Crippen LogP contribution >= 0.6 is 31.9 Å². The number of aromatic carboxylic acids is 2. The molecule has 0 radical (unpaired) electrons. The number of carbonyl (C=O) groups excluding carboxylic acids is 2. The third-order valence-corrected chi connectivity index (χ3v) is 6.83. The number of carboxylic acids is 2. The summed E-state index contributed by atoms with van der Waals surface area (Å²) in [6, 6.07) is 8.94. The minimum atomic E-state index is -1.52. The van der Waals surface area contributed by atoms with Crippen molar-refractivity contribution in [3.05, 3.63) is 100.0 Å². The Balaban J connectivity index is 1.93. The Morgan fingerprint density at radius 3 is 1.33 bits per heavy atom. The van der Waals surface area contributed by atoms with Gasteiger partial charge in [-0.15, -0.1) is 0 Å². The number of carboxylic acid groups (broad SMARTS) is 2. The molecule has 0 aliphatic heterocycles. The molecule has 0 aromatic heterocycles. The van der Waals surface area contributed by atoms with Gasteiger partial charge >= 0.3 is 23.9 Å². The maximum Gasteiger partial charge on any atom is 0.346 e. The van der Waals surface area contributed by atoms with E-state index in [1.807, 2.05) is 0 Å². The summed E-state index contributed by atoms with van der Waals surface area (Å²) in [6.07, 6.45) is 0. The molecule has 0 atom stereocenters. The van der Waals surface area contributed by atoms with Crippen LogP contribution in [0.1, 0.15) is 41.4 Å². The Labute approximate surface area is 232 Å². The van der Waals surface area contributed by atoms with Crippen LogP contribution < -0.4 is 0 Å². The summed E-state index contributed by atoms with van der Waals surface area (Å²) in [5.41, 5.74) is -3.08. The molecule has 39 heavy (non-hydrogen) atoms. The van der Waals surface area contributed by atoms with Crippen molar-refractivity contribution in [3.63, 3.8) is 0 Å². The van der Waals surface area contributed by atoms with Gasteiger partial charge in [-0.25, -0.2) is 19.2 Å². The van der Waals surface area contributed by atoms with Gasteiger partial charge in [0.25, 0.3) is 11.4 Å². The zero-order valence-electron chi connectivity index (χ0n) is 18.8. The van der Waals surface area contributed by atoms with Crippen molar-refractivity contribution in [1.82, 2.24) is 0 Å². The minimum absolute atomic E-state index is 0.210. The van der Waals surface area contributed by atoms with E-state index < -0.39 is 67.4 Å². The summed E-state index contributed by atoms with van der Waals surface area (Å²) in [7, 11) is 0. The Bertz CT molecular complexity index is 1690. The SMILES string of the molecule is O=C(O)c1cccc2c([N+](=O)[O-])c(Br)cc(C(=O)OC(=O)c3cc(Br)c([N+](=O)[O-])c4cccc(C(=O)O)c34)c12. The molecule has 0 aliphatic rings. The quantitative estimate of drug-likeness (QED) is 0.110. The molecule has 13 nitrogen and oxygen atoms in total. The summed E-state index contributed by atoms with van der Waals surface area (Å²) in [5, 5.41) is 41.3. The molecule has 0 amide bonds. The number of rotatable bonds is 6. The molecule has 0 bridgehead atoms. The average molecular weight is 662 g/mol. The number of hydrogen-bond acceptors (Lipinski definition) is 9. The van der Waals surface area contributed by atoms with Crippen LogP contribution in [0, 0.1) is 20.2 Å². The number of nitrogens with zero attached hydrogens (tertiary/aromatic N) is 2. The maximum absolute atomic E-state index is 13.2. The first-order valence-electron chi connectivity index (χ1n) is 10.4. The molecule has 0 aliphatic carbocycles. The number of halogens is 2. The molecule has 0 spiro atoms. The lowest BCUT2D eigenvalue weighted by Gasteiger charge is -2.13. The number of fused-ring (bicyclic) bond motifs is 2. The summed E-state index contributed by atoms with van der Waals surface area (Å²) < 4.78 is 4.55. The van der Waals surface area contributed by atoms with Crippen molar-refractivity contribution in [1.29, 1.82) is 0 Å². The monoisotopic (exact) mass is 660 g/mol. The lowest BCUT2D eigenvalue weighted by molar-refractivity contribution is -0.384. The summed E-state index contributed by atoms with van der Waals surface area (Å²) in [6.45, 7) is 0. The smallest absolute Gasteiger partial charge is 0.346 e. The van der Waals surface area contributed by atoms with E-state index in [9.17, 15) is 49.6 Å². The standard InChI is InChI=1S/C24H10Br2N2O11/c25-15-7-13(17-9(19(15)27(35)36)3-1-5-11(17)21(29)30)23(33)39-24(34)14-8-16(26)20(28(37)38)10-4-2-6-12(18(10)14)22(31)32/h1-8H,(H,29,30)(H,31,32). The number of hydrogen-bond donors (Lipinski definition) is 2. The Kier molecular flexibility index (Phi) is 7.12. The van der Waals surface area contributed by atoms with Gasteiger partial charge in [0.05, 0.1) is 51.8 Å². The molecule has 0 heterocycles. The lowest BCUT2D eigenvalue weighted by Crippen LogP contribution is -2.16. The van der Waals surface area contributed by atoms with Crippen molar-refractivity contribution in [2.24, 2.45) is 0 Å². The van der Waals surface area contributed by atoms with Gasteiger partial charge in [-0.3, -0.25) is 20.2 Å². The van der Waals surface area contributed by atoms with Gasteiger partial charge in [-0.05, 0) is 68.3 Å². The van der Waals surface area contributed by atoms with E-state index in [4.69, 9.17) is 4.74 Å². The number of ether oxygens (including phenoxy) is 1. The fourth-order valence-corrected chi connectivity index (χ4v) is 5.29. The van der Waals surface area contributed by atoms with Gasteiger partial charge in [0.2, 0.25) is 0 Å². The van der Waals surface area contributed by atoms with Crippen molar-refractivity contribution in [2.75, 3.05) is 0 Å². The van der Waals surface area contributed by atoms with Gasteiger partial charge in [-0.1, -0.05) is 12.1 Å². The predicted molar refractivity (Wildman–Crippen MR) is 140 cm³/mol. The van der Waals surface area contributed by atoms with Crippen LogP contribution in [0.25, 0.3) is 21.5 Å². The zero-order chi connectivity index (χ0) is 28.8. The maximum atomic E-state index is 13.2. The van der Waals surface area contributed by atoms with Crippen LogP contribution in [0.15, 0.2) is 57.5 Å². The fraction of sp³-hybridized carbons (Fsp3) is 0. The van der Waals surface area contributed by atoms with Gasteiger partial charge in [0.1, 0.15) is 0 Å². The number of esters is 2. The molecule has 0 unspecified atom stereocenters. The molecule has 4 aromatic rings. The highest BCUT2D eigenvalue weighted by Crippen LogP contribution is 2.40. The molecular weight excluding hydrogens is 652 g/mol. The van der Waals surface area contributed by atoms with Crippen molar-refractivity contribution in [2.45, 2.75) is 0 Å². The summed E-state index contributed by atoms with van der Waals surface area (Å²) >= 11 is 5.96. The zero-order valence-corrected chi connectivity index (χ0v) is 22.0. The Hall–Kier alpha value is -4.76. The second-order valence-electron chi connectivity index (χ2n) is 7.77. The van der Waals surface area contributed by atoms with Crippen LogP contribution in [-0.2, 0) is 4.74 Å². The van der Waals surface area contributed by atoms with E-state index in [0.29, 0.717) is 0 Å². The first-order valence-corrected chi connectivity index (χ1v) is 12.0. The summed E-state index contributed by atoms with van der Waals surface area (Å²) in [5.74, 6) is -5.86. The van der Waals surface area contributed by atoms with Gasteiger partial charge in [-0.2, -0.15) is 0 Å². The van der Waals surface area contributed by atoms with Crippen LogP contribution in [0.4, 0.5) is 11.4 Å². The first kappa shape index (κ1) is 27.3. The topological polar surface area (TPSA) is 204 Å². The average Bonchev–Trinajstić information content (AvgIpc) is 2.85. The largest absolute Gasteiger partial charge is 0.478 e. The number of benzene rings is 4. The Morgan fingerprint density at radius 2 is 1.03 bits per heavy atom. The second kappa shape index (κ2) is 10.2. The third-order valence-electron chi connectivity index (χ3n) is 5.62. The van der Waals surface area contributed by atoms with Crippen molar-refractivity contribution >= 4 is 88.7 Å². The molecule has 0 fully saturated rings. The first-order chi connectivity index (χ1) is 18.3. The van der Waals surface area contributed by atoms with Crippen LogP contribution in [0.5, 0.6) is 0 Å². The molecule has 2 N–H and O–H groups in total. The fourth-order valence-electron chi connectivity index (χ4n) is 4.12. The second-order valence-corrected chi connectivity index (χ2v) is 9.48. The van der Waals surface area contributed by atoms with Crippen molar-refractivity contribution in [3.8, 4) is 0 Å². The van der Waals surface area contributed by atoms with Crippen molar-refractivity contribution < 1.29 is 44.0 Å². The molecule has 4 rings (SSSR count). The minimum Gasteiger partial charge on any atom is -0.478 e. The Morgan fingerprint density at radius 1 is 0.667 bits per heavy atom. The van der Waals surface area contributed by atoms with E-state index >= 15 is 0 Å². The summed E-state index contributed by atoms with van der Waals surface area (Å²) in [4.78, 5) is 71.8. The molecule has 0 saturated carbocycles. The van der Waals surface area contributed by atoms with Crippen LogP contribution in [0.3, 0.4) is 0 Å². The van der Waals surface area contributed by atoms with Gasteiger partial charge < -0.3 is 14.9 Å². The normalized spacial score (nSPS) is 10.8. The van der Waals surface area contributed by atoms with Gasteiger partial charge in [0.15, 0.2) is 0 Å². The third kappa shape index (κ3) is 4.68. The van der Waals surface area contributed by atoms with Crippen LogP contribution in [0.2, 0.25) is 0 Å². The van der Waals surface area contributed by atoms with E-state index in [1.54, 1.807) is 0 Å². The molecule has 4 aromatic carbocycles. The van der Waals surface area contributed by atoms with Gasteiger partial charge in [0, 0.05) is 10.8 Å². The predicted octanol–water partition coefficient (Wildman–Crippen LogP) is 5.73.